The second-order valence-electron chi connectivity index (χ2n) is 6.96. The van der Waals surface area contributed by atoms with Crippen LogP contribution in [-0.2, 0) is 10.0 Å². The summed E-state index contributed by atoms with van der Waals surface area (Å²) in [6.07, 6.45) is 1.47. The van der Waals surface area contributed by atoms with Gasteiger partial charge in [0.1, 0.15) is 22.3 Å². The van der Waals surface area contributed by atoms with Crippen molar-refractivity contribution >= 4 is 26.6 Å². The monoisotopic (exact) mass is 490 g/mol. The van der Waals surface area contributed by atoms with Gasteiger partial charge in [-0.15, -0.1) is 0 Å². The van der Waals surface area contributed by atoms with Gasteiger partial charge in [0.2, 0.25) is 0 Å². The lowest BCUT2D eigenvalue weighted by molar-refractivity contribution is 0.355. The molecule has 0 unspecified atom stereocenters. The standard InChI is InChI=1S/C23H17F3N2O5S/c1-31-21-11-15-18(12-22(21)32-2)27-8-7-19(15)33-20-6-4-14(10-17(20)26)28-34(29,30)23-9-13(24)3-5-16(23)25/h3-12,28H,1-2H3. The van der Waals surface area contributed by atoms with Crippen LogP contribution < -0.4 is 18.9 Å². The highest BCUT2D eigenvalue weighted by Crippen LogP contribution is 2.37. The van der Waals surface area contributed by atoms with Crippen molar-refractivity contribution in [3.8, 4) is 23.0 Å². The van der Waals surface area contributed by atoms with Crippen LogP contribution in [-0.4, -0.2) is 27.6 Å². The normalized spacial score (nSPS) is 11.3. The van der Waals surface area contributed by atoms with Gasteiger partial charge in [0.15, 0.2) is 23.1 Å². The molecular formula is C23H17F3N2O5S. The van der Waals surface area contributed by atoms with Gasteiger partial charge in [0, 0.05) is 23.7 Å². The molecule has 0 bridgehead atoms. The molecule has 0 amide bonds. The summed E-state index contributed by atoms with van der Waals surface area (Å²) >= 11 is 0. The molecule has 34 heavy (non-hydrogen) atoms. The molecule has 1 N–H and O–H groups in total. The van der Waals surface area contributed by atoms with E-state index in [1.807, 2.05) is 4.72 Å². The number of anilines is 1. The first-order valence-corrected chi connectivity index (χ1v) is 11.2. The van der Waals surface area contributed by atoms with E-state index in [0.29, 0.717) is 34.5 Å². The van der Waals surface area contributed by atoms with Gasteiger partial charge >= 0.3 is 0 Å². The molecule has 7 nitrogen and oxygen atoms in total. The number of sulfonamides is 1. The zero-order valence-electron chi connectivity index (χ0n) is 17.8. The molecule has 0 radical (unpaired) electrons. The van der Waals surface area contributed by atoms with Crippen LogP contribution in [0, 0.1) is 17.5 Å². The van der Waals surface area contributed by atoms with Crippen LogP contribution in [0.1, 0.15) is 0 Å². The fourth-order valence-electron chi connectivity index (χ4n) is 3.20. The molecule has 0 saturated heterocycles. The third-order valence-corrected chi connectivity index (χ3v) is 6.19. The number of ether oxygens (including phenoxy) is 3. The highest BCUT2D eigenvalue weighted by molar-refractivity contribution is 7.92. The molecule has 11 heteroatoms. The van der Waals surface area contributed by atoms with Gasteiger partial charge in [-0.1, -0.05) is 0 Å². The molecule has 0 aliphatic rings. The van der Waals surface area contributed by atoms with Gasteiger partial charge < -0.3 is 14.2 Å². The van der Waals surface area contributed by atoms with Crippen molar-refractivity contribution in [1.29, 1.82) is 0 Å². The second-order valence-corrected chi connectivity index (χ2v) is 8.61. The first kappa shape index (κ1) is 23.2. The second kappa shape index (κ2) is 9.10. The molecule has 0 fully saturated rings. The summed E-state index contributed by atoms with van der Waals surface area (Å²) in [5, 5.41) is 0.519. The predicted octanol–water partition coefficient (Wildman–Crippen LogP) is 5.26. The molecule has 1 heterocycles. The maximum absolute atomic E-state index is 14.8. The first-order chi connectivity index (χ1) is 16.2. The predicted molar refractivity (Wildman–Crippen MR) is 118 cm³/mol. The minimum Gasteiger partial charge on any atom is -0.493 e. The lowest BCUT2D eigenvalue weighted by atomic mass is 10.2. The third-order valence-electron chi connectivity index (χ3n) is 4.79. The van der Waals surface area contributed by atoms with Gasteiger partial charge in [-0.05, 0) is 42.5 Å². The number of nitrogens with zero attached hydrogens (tertiary/aromatic N) is 1. The number of hydrogen-bond acceptors (Lipinski definition) is 6. The summed E-state index contributed by atoms with van der Waals surface area (Å²) in [4.78, 5) is 3.34. The van der Waals surface area contributed by atoms with Crippen LogP contribution in [0.4, 0.5) is 18.9 Å². The highest BCUT2D eigenvalue weighted by atomic mass is 32.2. The Hall–Kier alpha value is -3.99. The number of fused-ring (bicyclic) bond motifs is 1. The van der Waals surface area contributed by atoms with Crippen molar-refractivity contribution < 1.29 is 35.8 Å². The minimum absolute atomic E-state index is 0.206. The Morgan fingerprint density at radius 3 is 2.24 bits per heavy atom. The van der Waals surface area contributed by atoms with Gasteiger partial charge in [-0.25, -0.2) is 21.6 Å². The van der Waals surface area contributed by atoms with Gasteiger partial charge in [-0.3, -0.25) is 9.71 Å². The maximum atomic E-state index is 14.8. The number of halogens is 3. The lowest BCUT2D eigenvalue weighted by Gasteiger charge is -2.13. The molecule has 4 rings (SSSR count). The molecule has 0 aliphatic heterocycles. The van der Waals surface area contributed by atoms with E-state index in [1.54, 1.807) is 12.1 Å². The van der Waals surface area contributed by atoms with Crippen molar-refractivity contribution in [1.82, 2.24) is 4.98 Å². The average molecular weight is 490 g/mol. The minimum atomic E-state index is -4.50. The van der Waals surface area contributed by atoms with Crippen LogP contribution in [0.15, 0.2) is 65.7 Å². The molecule has 0 aliphatic carbocycles. The van der Waals surface area contributed by atoms with Gasteiger partial charge in [0.25, 0.3) is 10.0 Å². The molecule has 176 valence electrons. The Morgan fingerprint density at radius 1 is 0.794 bits per heavy atom. The summed E-state index contributed by atoms with van der Waals surface area (Å²) in [7, 11) is -1.55. The van der Waals surface area contributed by atoms with Gasteiger partial charge in [0.05, 0.1) is 25.4 Å². The van der Waals surface area contributed by atoms with E-state index in [-0.39, 0.29) is 17.2 Å². The number of methoxy groups -OCH3 is 2. The quantitative estimate of drug-likeness (QED) is 0.380. The summed E-state index contributed by atoms with van der Waals surface area (Å²) in [5.41, 5.74) is 0.302. The van der Waals surface area contributed by atoms with Crippen LogP contribution in [0.3, 0.4) is 0 Å². The topological polar surface area (TPSA) is 86.8 Å². The van der Waals surface area contributed by atoms with Crippen molar-refractivity contribution in [3.05, 3.63) is 78.2 Å². The van der Waals surface area contributed by atoms with Crippen LogP contribution in [0.5, 0.6) is 23.0 Å². The molecule has 3 aromatic carbocycles. The SMILES string of the molecule is COc1cc2nccc(Oc3ccc(NS(=O)(=O)c4cc(F)ccc4F)cc3F)c2cc1OC. The fourth-order valence-corrected chi connectivity index (χ4v) is 4.34. The van der Waals surface area contributed by atoms with E-state index in [1.165, 1.54) is 38.6 Å². The zero-order chi connectivity index (χ0) is 24.5. The summed E-state index contributed by atoms with van der Waals surface area (Å²) in [5.74, 6) is -2.05. The summed E-state index contributed by atoms with van der Waals surface area (Å²) in [6.45, 7) is 0. The van der Waals surface area contributed by atoms with Crippen molar-refractivity contribution in [3.63, 3.8) is 0 Å². The lowest BCUT2D eigenvalue weighted by Crippen LogP contribution is -2.15. The summed E-state index contributed by atoms with van der Waals surface area (Å²) < 4.78 is 85.1. The molecule has 0 spiro atoms. The Bertz CT molecular complexity index is 1500. The fraction of sp³-hybridized carbons (Fsp3) is 0.0870. The zero-order valence-corrected chi connectivity index (χ0v) is 18.6. The molecule has 0 saturated carbocycles. The number of hydrogen-bond donors (Lipinski definition) is 1. The number of benzene rings is 3. The van der Waals surface area contributed by atoms with Crippen LogP contribution in [0.2, 0.25) is 0 Å². The Kier molecular flexibility index (Phi) is 6.20. The molecule has 4 aromatic rings. The van der Waals surface area contributed by atoms with Crippen molar-refractivity contribution in [2.24, 2.45) is 0 Å². The maximum Gasteiger partial charge on any atom is 0.264 e. The largest absolute Gasteiger partial charge is 0.493 e. The number of nitrogens with one attached hydrogen (secondary N) is 1. The third kappa shape index (κ3) is 4.55. The van der Waals surface area contributed by atoms with E-state index in [4.69, 9.17) is 14.2 Å². The number of aromatic nitrogens is 1. The number of pyridine rings is 1. The summed E-state index contributed by atoms with van der Waals surface area (Å²) in [6, 6.07) is 10.1. The van der Waals surface area contributed by atoms with E-state index in [9.17, 15) is 21.6 Å². The van der Waals surface area contributed by atoms with E-state index in [2.05, 4.69) is 4.98 Å². The first-order valence-electron chi connectivity index (χ1n) is 9.68. The van der Waals surface area contributed by atoms with E-state index >= 15 is 0 Å². The highest BCUT2D eigenvalue weighted by Gasteiger charge is 2.21. The Labute approximate surface area is 192 Å². The van der Waals surface area contributed by atoms with E-state index < -0.39 is 32.4 Å². The average Bonchev–Trinajstić information content (AvgIpc) is 2.81. The molecule has 0 atom stereocenters. The Morgan fingerprint density at radius 2 is 1.53 bits per heavy atom. The van der Waals surface area contributed by atoms with Crippen molar-refractivity contribution in [2.45, 2.75) is 4.90 Å². The number of rotatable bonds is 7. The van der Waals surface area contributed by atoms with Gasteiger partial charge in [-0.2, -0.15) is 0 Å². The molecule has 1 aromatic heterocycles. The van der Waals surface area contributed by atoms with E-state index in [0.717, 1.165) is 12.1 Å². The molecular weight excluding hydrogens is 473 g/mol. The van der Waals surface area contributed by atoms with Crippen LogP contribution >= 0.6 is 0 Å². The van der Waals surface area contributed by atoms with Crippen molar-refractivity contribution in [2.75, 3.05) is 18.9 Å². The van der Waals surface area contributed by atoms with Crippen LogP contribution in [0.25, 0.3) is 10.9 Å². The smallest absolute Gasteiger partial charge is 0.264 e. The Balaban J connectivity index is 1.63.